The molecule has 1 N–H and O–H groups in total. The number of rotatable bonds is 4. The summed E-state index contributed by atoms with van der Waals surface area (Å²) in [5, 5.41) is 7.61. The summed E-state index contributed by atoms with van der Waals surface area (Å²) in [6.45, 7) is 2.09. The van der Waals surface area contributed by atoms with Gasteiger partial charge in [-0.25, -0.2) is 0 Å². The molecule has 0 saturated heterocycles. The van der Waals surface area contributed by atoms with E-state index >= 15 is 0 Å². The molecule has 0 aliphatic rings. The highest BCUT2D eigenvalue weighted by Gasteiger charge is 2.12. The normalized spacial score (nSPS) is 12.2. The molecule has 0 aliphatic heterocycles. The molecule has 96 valence electrons. The quantitative estimate of drug-likeness (QED) is 0.941. The summed E-state index contributed by atoms with van der Waals surface area (Å²) in [6.07, 6.45) is 1.80. The number of hydrogen-bond acceptors (Lipinski definition) is 3. The highest BCUT2D eigenvalue weighted by molar-refractivity contribution is 9.10. The molecular formula is C13H16BrN3O. The SMILES string of the molecule is COc1ccc(Br)cc1NC(C)c1ccnn1C. The molecule has 0 aliphatic carbocycles. The summed E-state index contributed by atoms with van der Waals surface area (Å²) >= 11 is 3.47. The number of benzene rings is 1. The van der Waals surface area contributed by atoms with Crippen LogP contribution in [0.1, 0.15) is 18.7 Å². The molecule has 1 heterocycles. The van der Waals surface area contributed by atoms with Gasteiger partial charge in [-0.2, -0.15) is 5.10 Å². The van der Waals surface area contributed by atoms with Crippen molar-refractivity contribution in [1.82, 2.24) is 9.78 Å². The van der Waals surface area contributed by atoms with Crippen LogP contribution in [0.3, 0.4) is 0 Å². The summed E-state index contributed by atoms with van der Waals surface area (Å²) in [6, 6.07) is 8.05. The Morgan fingerprint density at radius 2 is 2.17 bits per heavy atom. The Kier molecular flexibility index (Phi) is 3.91. The molecule has 0 radical (unpaired) electrons. The average molecular weight is 310 g/mol. The third-order valence-electron chi connectivity index (χ3n) is 2.84. The predicted octanol–water partition coefficient (Wildman–Crippen LogP) is 3.36. The number of anilines is 1. The molecule has 0 bridgehead atoms. The fraction of sp³-hybridized carbons (Fsp3) is 0.308. The van der Waals surface area contributed by atoms with E-state index in [1.165, 1.54) is 0 Å². The fourth-order valence-corrected chi connectivity index (χ4v) is 2.27. The zero-order valence-corrected chi connectivity index (χ0v) is 12.2. The van der Waals surface area contributed by atoms with Crippen LogP contribution in [0, 0.1) is 0 Å². The molecule has 5 heteroatoms. The summed E-state index contributed by atoms with van der Waals surface area (Å²) in [5.74, 6) is 0.826. The minimum atomic E-state index is 0.153. The molecule has 0 fully saturated rings. The highest BCUT2D eigenvalue weighted by Crippen LogP contribution is 2.30. The maximum Gasteiger partial charge on any atom is 0.142 e. The van der Waals surface area contributed by atoms with Crippen molar-refractivity contribution in [3.05, 3.63) is 40.6 Å². The van der Waals surface area contributed by atoms with Crippen molar-refractivity contribution in [3.63, 3.8) is 0 Å². The molecule has 1 aromatic carbocycles. The lowest BCUT2D eigenvalue weighted by molar-refractivity contribution is 0.416. The number of aryl methyl sites for hydroxylation is 1. The summed E-state index contributed by atoms with van der Waals surface area (Å²) in [4.78, 5) is 0. The molecule has 2 rings (SSSR count). The second-order valence-corrected chi connectivity index (χ2v) is 5.01. The Bertz CT molecular complexity index is 539. The van der Waals surface area contributed by atoms with Gasteiger partial charge < -0.3 is 10.1 Å². The number of nitrogens with one attached hydrogen (secondary N) is 1. The maximum atomic E-state index is 5.34. The van der Waals surface area contributed by atoms with Crippen LogP contribution < -0.4 is 10.1 Å². The Morgan fingerprint density at radius 1 is 1.39 bits per heavy atom. The van der Waals surface area contributed by atoms with Gasteiger partial charge in [0.25, 0.3) is 0 Å². The second kappa shape index (κ2) is 5.44. The van der Waals surface area contributed by atoms with Crippen LogP contribution in [0.15, 0.2) is 34.9 Å². The third kappa shape index (κ3) is 2.67. The average Bonchev–Trinajstić information content (AvgIpc) is 2.76. The summed E-state index contributed by atoms with van der Waals surface area (Å²) < 4.78 is 8.22. The Hall–Kier alpha value is -1.49. The van der Waals surface area contributed by atoms with Gasteiger partial charge in [0.05, 0.1) is 24.5 Å². The molecule has 0 saturated carbocycles. The van der Waals surface area contributed by atoms with Gasteiger partial charge in [0.1, 0.15) is 5.75 Å². The summed E-state index contributed by atoms with van der Waals surface area (Å²) in [5.41, 5.74) is 2.08. The molecule has 0 spiro atoms. The van der Waals surface area contributed by atoms with Gasteiger partial charge >= 0.3 is 0 Å². The van der Waals surface area contributed by atoms with E-state index in [-0.39, 0.29) is 6.04 Å². The zero-order valence-electron chi connectivity index (χ0n) is 10.6. The molecule has 1 unspecified atom stereocenters. The van der Waals surface area contributed by atoms with E-state index in [9.17, 15) is 0 Å². The standard InChI is InChI=1S/C13H16BrN3O/c1-9(12-6-7-15-17(12)2)16-11-8-10(14)4-5-13(11)18-3/h4-9,16H,1-3H3. The molecule has 0 amide bonds. The van der Waals surface area contributed by atoms with E-state index in [2.05, 4.69) is 33.3 Å². The van der Waals surface area contributed by atoms with Crippen LogP contribution in [-0.4, -0.2) is 16.9 Å². The van der Waals surface area contributed by atoms with Gasteiger partial charge in [-0.3, -0.25) is 4.68 Å². The number of methoxy groups -OCH3 is 1. The molecule has 18 heavy (non-hydrogen) atoms. The van der Waals surface area contributed by atoms with Crippen molar-refractivity contribution in [3.8, 4) is 5.75 Å². The first-order valence-corrected chi connectivity index (χ1v) is 6.49. The number of hydrogen-bond donors (Lipinski definition) is 1. The van der Waals surface area contributed by atoms with Crippen LogP contribution in [0.5, 0.6) is 5.75 Å². The van der Waals surface area contributed by atoms with Crippen molar-refractivity contribution in [2.24, 2.45) is 7.05 Å². The van der Waals surface area contributed by atoms with Gasteiger partial charge in [-0.05, 0) is 31.2 Å². The maximum absolute atomic E-state index is 5.34. The van der Waals surface area contributed by atoms with Crippen molar-refractivity contribution in [2.75, 3.05) is 12.4 Å². The zero-order chi connectivity index (χ0) is 13.1. The molecular weight excluding hydrogens is 294 g/mol. The van der Waals surface area contributed by atoms with Gasteiger partial charge in [0, 0.05) is 17.7 Å². The van der Waals surface area contributed by atoms with Gasteiger partial charge in [-0.15, -0.1) is 0 Å². The van der Waals surface area contributed by atoms with E-state index in [0.29, 0.717) is 0 Å². The predicted molar refractivity (Wildman–Crippen MR) is 75.9 cm³/mol. The Balaban J connectivity index is 2.23. The Labute approximate surface area is 115 Å². The van der Waals surface area contributed by atoms with Gasteiger partial charge in [-0.1, -0.05) is 15.9 Å². The van der Waals surface area contributed by atoms with Gasteiger partial charge in [0.2, 0.25) is 0 Å². The van der Waals surface area contributed by atoms with Crippen LogP contribution in [0.4, 0.5) is 5.69 Å². The Morgan fingerprint density at radius 3 is 2.78 bits per heavy atom. The summed E-state index contributed by atoms with van der Waals surface area (Å²) in [7, 11) is 3.61. The lowest BCUT2D eigenvalue weighted by Gasteiger charge is -2.18. The third-order valence-corrected chi connectivity index (χ3v) is 3.33. The number of halogens is 1. The van der Waals surface area contributed by atoms with E-state index in [4.69, 9.17) is 4.74 Å². The fourth-order valence-electron chi connectivity index (χ4n) is 1.91. The molecule has 2 aromatic rings. The van der Waals surface area contributed by atoms with Crippen LogP contribution in [0.25, 0.3) is 0 Å². The number of ether oxygens (including phenoxy) is 1. The van der Waals surface area contributed by atoms with Crippen LogP contribution in [0.2, 0.25) is 0 Å². The van der Waals surface area contributed by atoms with E-state index in [1.54, 1.807) is 13.3 Å². The van der Waals surface area contributed by atoms with Crippen molar-refractivity contribution < 1.29 is 4.74 Å². The smallest absolute Gasteiger partial charge is 0.142 e. The first-order chi connectivity index (χ1) is 8.61. The number of nitrogens with zero attached hydrogens (tertiary/aromatic N) is 2. The van der Waals surface area contributed by atoms with Crippen LogP contribution >= 0.6 is 15.9 Å². The van der Waals surface area contributed by atoms with E-state index < -0.39 is 0 Å². The van der Waals surface area contributed by atoms with E-state index in [1.807, 2.05) is 36.0 Å². The van der Waals surface area contributed by atoms with Gasteiger partial charge in [0.15, 0.2) is 0 Å². The minimum Gasteiger partial charge on any atom is -0.495 e. The topological polar surface area (TPSA) is 39.1 Å². The van der Waals surface area contributed by atoms with Crippen molar-refractivity contribution in [2.45, 2.75) is 13.0 Å². The van der Waals surface area contributed by atoms with Crippen molar-refractivity contribution >= 4 is 21.6 Å². The largest absolute Gasteiger partial charge is 0.495 e. The second-order valence-electron chi connectivity index (χ2n) is 4.09. The lowest BCUT2D eigenvalue weighted by Crippen LogP contribution is -2.12. The molecule has 1 aromatic heterocycles. The monoisotopic (exact) mass is 309 g/mol. The number of aromatic nitrogens is 2. The van der Waals surface area contributed by atoms with Crippen molar-refractivity contribution in [1.29, 1.82) is 0 Å². The lowest BCUT2D eigenvalue weighted by atomic mass is 10.2. The first-order valence-electron chi connectivity index (χ1n) is 5.70. The molecule has 4 nitrogen and oxygen atoms in total. The molecule has 1 atom stereocenters. The van der Waals surface area contributed by atoms with Crippen LogP contribution in [-0.2, 0) is 7.05 Å². The van der Waals surface area contributed by atoms with E-state index in [0.717, 1.165) is 21.6 Å². The minimum absolute atomic E-state index is 0.153. The first kappa shape index (κ1) is 13.0. The highest BCUT2D eigenvalue weighted by atomic mass is 79.9.